The van der Waals surface area contributed by atoms with Crippen LogP contribution < -0.4 is 15.4 Å². The molecule has 4 rings (SSSR count). The number of aliphatic hydroxyl groups excluding tert-OH is 2. The number of carbonyl (C=O) groups is 1. The maximum absolute atomic E-state index is 13.7. The van der Waals surface area contributed by atoms with Crippen LogP contribution in [0.3, 0.4) is 0 Å². The van der Waals surface area contributed by atoms with Crippen LogP contribution in [-0.4, -0.2) is 55.6 Å². The van der Waals surface area contributed by atoms with Crippen LogP contribution in [0.5, 0.6) is 5.75 Å². The van der Waals surface area contributed by atoms with Gasteiger partial charge in [0.25, 0.3) is 0 Å². The molecule has 1 fully saturated rings. The molecule has 38 heavy (non-hydrogen) atoms. The van der Waals surface area contributed by atoms with E-state index in [0.29, 0.717) is 28.7 Å². The van der Waals surface area contributed by atoms with E-state index in [1.165, 1.54) is 35.2 Å². The van der Waals surface area contributed by atoms with Crippen molar-refractivity contribution in [1.82, 2.24) is 4.98 Å². The van der Waals surface area contributed by atoms with Crippen LogP contribution in [0.25, 0.3) is 10.9 Å². The Bertz CT molecular complexity index is 1420. The number of hydrogen-bond donors (Lipinski definition) is 4. The molecule has 1 aliphatic heterocycles. The first-order valence-electron chi connectivity index (χ1n) is 11.6. The number of rotatable bonds is 10. The largest absolute Gasteiger partial charge is 0.489 e. The number of pyridine rings is 1. The van der Waals surface area contributed by atoms with Gasteiger partial charge < -0.3 is 25.6 Å². The Hall–Kier alpha value is -2.95. The number of hydrogen-bond acceptors (Lipinski definition) is 9. The van der Waals surface area contributed by atoms with Gasteiger partial charge in [-0.3, -0.25) is 9.78 Å². The summed E-state index contributed by atoms with van der Waals surface area (Å²) in [5.74, 6) is 0.0911. The molecule has 0 bridgehead atoms. The van der Waals surface area contributed by atoms with Crippen LogP contribution in [0.2, 0.25) is 5.02 Å². The second-order valence-corrected chi connectivity index (χ2v) is 12.4. The minimum Gasteiger partial charge on any atom is -0.489 e. The molecule has 9 nitrogen and oxygen atoms in total. The van der Waals surface area contributed by atoms with Gasteiger partial charge in [0.1, 0.15) is 30.3 Å². The first-order valence-corrected chi connectivity index (χ1v) is 14.7. The Balaban J connectivity index is 1.69. The number of aliphatic hydroxyl groups is 2. The van der Waals surface area contributed by atoms with E-state index in [0.717, 1.165) is 12.2 Å². The fourth-order valence-electron chi connectivity index (χ4n) is 3.81. The Morgan fingerprint density at radius 3 is 2.89 bits per heavy atom. The molecule has 2 heterocycles. The zero-order valence-electron chi connectivity index (χ0n) is 19.9. The average Bonchev–Trinajstić information content (AvgIpc) is 3.32. The van der Waals surface area contributed by atoms with Crippen LogP contribution in [0.4, 0.5) is 21.5 Å². The first-order chi connectivity index (χ1) is 18.3. The van der Waals surface area contributed by atoms with E-state index < -0.39 is 28.4 Å². The summed E-state index contributed by atoms with van der Waals surface area (Å²) in [6.07, 6.45) is 1.62. The van der Waals surface area contributed by atoms with Crippen molar-refractivity contribution in [1.29, 1.82) is 5.26 Å². The van der Waals surface area contributed by atoms with Gasteiger partial charge in [0, 0.05) is 40.8 Å². The number of nitriles is 1. The molecular weight excluding hydrogens is 555 g/mol. The van der Waals surface area contributed by atoms with Gasteiger partial charge in [-0.15, -0.1) is 0 Å². The quantitative estimate of drug-likeness (QED) is 0.259. The fraction of sp³-hybridized carbons (Fsp3) is 0.320. The molecule has 1 aliphatic rings. The summed E-state index contributed by atoms with van der Waals surface area (Å²) >= 11 is 5.92. The minimum absolute atomic E-state index is 0.0431. The lowest BCUT2D eigenvalue weighted by molar-refractivity contribution is -0.116. The molecule has 3 aromatic rings. The highest BCUT2D eigenvalue weighted by Crippen LogP contribution is 2.37. The highest BCUT2D eigenvalue weighted by Gasteiger charge is 2.25. The Kier molecular flexibility index (Phi) is 9.40. The van der Waals surface area contributed by atoms with E-state index in [4.69, 9.17) is 21.4 Å². The second-order valence-electron chi connectivity index (χ2n) is 8.51. The van der Waals surface area contributed by atoms with Gasteiger partial charge in [-0.25, -0.2) is 8.60 Å². The molecular formula is C25H24ClFN4O5S2. The number of aromatic nitrogens is 1. The zero-order chi connectivity index (χ0) is 27.2. The molecule has 13 heteroatoms. The van der Waals surface area contributed by atoms with Gasteiger partial charge >= 0.3 is 0 Å². The normalized spacial score (nSPS) is 17.7. The first kappa shape index (κ1) is 28.1. The highest BCUT2D eigenvalue weighted by molar-refractivity contribution is 8.69. The van der Waals surface area contributed by atoms with Gasteiger partial charge in [-0.1, -0.05) is 22.4 Å². The van der Waals surface area contributed by atoms with Gasteiger partial charge in [0.15, 0.2) is 0 Å². The summed E-state index contributed by atoms with van der Waals surface area (Å²) in [5, 5.41) is 34.8. The summed E-state index contributed by atoms with van der Waals surface area (Å²) in [6.45, 7) is -0.748. The number of amides is 1. The number of nitrogens with zero attached hydrogens (tertiary/aromatic N) is 2. The van der Waals surface area contributed by atoms with Gasteiger partial charge in [0.05, 0.1) is 43.9 Å². The van der Waals surface area contributed by atoms with Crippen LogP contribution in [0.1, 0.15) is 24.8 Å². The fourth-order valence-corrected chi connectivity index (χ4v) is 7.44. The molecule has 200 valence electrons. The molecule has 2 aromatic carbocycles. The lowest BCUT2D eigenvalue weighted by atomic mass is 10.1. The third-order valence-corrected chi connectivity index (χ3v) is 9.75. The molecule has 1 amide bonds. The van der Waals surface area contributed by atoms with Gasteiger partial charge in [-0.05, 0) is 37.1 Å². The monoisotopic (exact) mass is 578 g/mol. The van der Waals surface area contributed by atoms with Gasteiger partial charge in [0.2, 0.25) is 5.91 Å². The molecule has 1 aromatic heterocycles. The van der Waals surface area contributed by atoms with E-state index in [9.17, 15) is 23.8 Å². The van der Waals surface area contributed by atoms with E-state index in [1.54, 1.807) is 12.1 Å². The van der Waals surface area contributed by atoms with Crippen molar-refractivity contribution < 1.29 is 28.3 Å². The lowest BCUT2D eigenvalue weighted by Gasteiger charge is -2.18. The number of benzene rings is 2. The molecule has 0 radical (unpaired) electrons. The van der Waals surface area contributed by atoms with E-state index in [1.807, 2.05) is 0 Å². The molecule has 0 aliphatic carbocycles. The maximum Gasteiger partial charge on any atom is 0.224 e. The summed E-state index contributed by atoms with van der Waals surface area (Å²) in [4.78, 5) is 17.2. The van der Waals surface area contributed by atoms with Crippen LogP contribution in [0.15, 0.2) is 36.5 Å². The third-order valence-electron chi connectivity index (χ3n) is 5.80. The van der Waals surface area contributed by atoms with Crippen molar-refractivity contribution in [3.63, 3.8) is 0 Å². The number of fused-ring (bicyclic) bond motifs is 1. The summed E-state index contributed by atoms with van der Waals surface area (Å²) in [5.41, 5.74) is 1.65. The lowest BCUT2D eigenvalue weighted by Crippen LogP contribution is -2.22. The molecule has 0 saturated carbocycles. The van der Waals surface area contributed by atoms with E-state index >= 15 is 0 Å². The van der Waals surface area contributed by atoms with Crippen LogP contribution in [0, 0.1) is 17.1 Å². The van der Waals surface area contributed by atoms with Crippen molar-refractivity contribution in [3.8, 4) is 11.8 Å². The van der Waals surface area contributed by atoms with Crippen molar-refractivity contribution in [3.05, 3.63) is 52.9 Å². The smallest absolute Gasteiger partial charge is 0.224 e. The minimum atomic E-state index is -1.14. The van der Waals surface area contributed by atoms with Crippen molar-refractivity contribution in [2.24, 2.45) is 0 Å². The number of nitrogens with one attached hydrogen (secondary N) is 2. The third kappa shape index (κ3) is 6.73. The molecule has 3 unspecified atom stereocenters. The van der Waals surface area contributed by atoms with E-state index in [-0.39, 0.29) is 46.2 Å². The summed E-state index contributed by atoms with van der Waals surface area (Å²) in [6, 6.07) is 9.24. The maximum atomic E-state index is 13.7. The SMILES string of the molecule is N#Cc1cnc2cc(OCC(O)CO)c(NC(=O)CCC3CCSS3=O)cc2c1Nc1ccc(F)c(Cl)c1. The van der Waals surface area contributed by atoms with E-state index in [2.05, 4.69) is 21.7 Å². The standard InChI is InChI=1S/C25H24ClFN4O5S2/c26-19-7-15(1-3-20(19)27)30-25-14(10-28)11-29-21-9-23(36-13-16(33)12-32)22(8-18(21)25)31-24(34)4-2-17-5-6-37-38(17)35/h1,3,7-9,11,16-17,32-33H,2,4-6,12-13H2,(H,29,30)(H,31,34). The predicted octanol–water partition coefficient (Wildman–Crippen LogP) is 4.26. The summed E-state index contributed by atoms with van der Waals surface area (Å²) < 4.78 is 31.4. The van der Waals surface area contributed by atoms with Crippen LogP contribution >= 0.6 is 22.4 Å². The Morgan fingerprint density at radius 1 is 1.39 bits per heavy atom. The predicted molar refractivity (Wildman–Crippen MR) is 147 cm³/mol. The summed E-state index contributed by atoms with van der Waals surface area (Å²) in [7, 11) is 0.386. The second kappa shape index (κ2) is 12.7. The number of carbonyl (C=O) groups excluding carboxylic acids is 1. The molecule has 0 spiro atoms. The van der Waals surface area contributed by atoms with Crippen molar-refractivity contribution in [2.45, 2.75) is 30.6 Å². The zero-order valence-corrected chi connectivity index (χ0v) is 22.3. The molecule has 4 N–H and O–H groups in total. The van der Waals surface area contributed by atoms with Crippen LogP contribution in [-0.2, 0) is 14.6 Å². The number of halogens is 2. The average molecular weight is 579 g/mol. The van der Waals surface area contributed by atoms with Crippen molar-refractivity contribution in [2.75, 3.05) is 29.6 Å². The molecule has 1 saturated heterocycles. The van der Waals surface area contributed by atoms with Gasteiger partial charge in [-0.2, -0.15) is 5.26 Å². The van der Waals surface area contributed by atoms with Crippen molar-refractivity contribution >= 4 is 66.1 Å². The topological polar surface area (TPSA) is 145 Å². The molecule has 3 atom stereocenters. The Labute approximate surface area is 229 Å². The number of anilines is 3. The number of ether oxygens (including phenoxy) is 1. The Morgan fingerprint density at radius 2 is 2.21 bits per heavy atom. The highest BCUT2D eigenvalue weighted by atomic mass is 35.5.